The van der Waals surface area contributed by atoms with E-state index in [0.29, 0.717) is 0 Å². The van der Waals surface area contributed by atoms with Crippen molar-refractivity contribution in [1.82, 2.24) is 0 Å². The van der Waals surface area contributed by atoms with Gasteiger partial charge in [-0.2, -0.15) is 0 Å². The van der Waals surface area contributed by atoms with Gasteiger partial charge in [0.15, 0.2) is 0 Å². The molecule has 0 aliphatic rings. The lowest BCUT2D eigenvalue weighted by molar-refractivity contribution is 1.10. The number of benzene rings is 2. The van der Waals surface area contributed by atoms with E-state index in [0.717, 1.165) is 27.3 Å². The van der Waals surface area contributed by atoms with Gasteiger partial charge in [-0.3, -0.25) is 0 Å². The molecule has 0 saturated heterocycles. The fourth-order valence-corrected chi connectivity index (χ4v) is 2.74. The monoisotopic (exact) mass is 337 g/mol. The number of hydrogen-bond donors (Lipinski definition) is 1. The van der Waals surface area contributed by atoms with Crippen molar-refractivity contribution in [3.05, 3.63) is 62.1 Å². The molecule has 100 valence electrons. The van der Waals surface area contributed by atoms with E-state index in [1.165, 1.54) is 16.7 Å². The number of halogens is 2. The SMILES string of the molecule is Cc1cc(Br)c(NCc2cccc(C)c2C)cc1Cl. The van der Waals surface area contributed by atoms with Crippen molar-refractivity contribution in [3.63, 3.8) is 0 Å². The Bertz CT molecular complexity index is 608. The molecule has 3 heteroatoms. The van der Waals surface area contributed by atoms with Crippen LogP contribution in [0, 0.1) is 20.8 Å². The molecule has 2 aromatic carbocycles. The lowest BCUT2D eigenvalue weighted by Gasteiger charge is -2.13. The average Bonchev–Trinajstić information content (AvgIpc) is 2.37. The summed E-state index contributed by atoms with van der Waals surface area (Å²) in [6, 6.07) is 10.4. The number of rotatable bonds is 3. The highest BCUT2D eigenvalue weighted by Gasteiger charge is 2.05. The molecule has 0 radical (unpaired) electrons. The second-order valence-electron chi connectivity index (χ2n) is 4.79. The van der Waals surface area contributed by atoms with Crippen molar-refractivity contribution in [1.29, 1.82) is 0 Å². The van der Waals surface area contributed by atoms with Gasteiger partial charge in [-0.1, -0.05) is 29.8 Å². The minimum absolute atomic E-state index is 0.784. The predicted octanol–water partition coefficient (Wildman–Crippen LogP) is 5.64. The smallest absolute Gasteiger partial charge is 0.0502 e. The van der Waals surface area contributed by atoms with E-state index in [2.05, 4.69) is 53.3 Å². The summed E-state index contributed by atoms with van der Waals surface area (Å²) in [4.78, 5) is 0. The van der Waals surface area contributed by atoms with Crippen LogP contribution in [0.3, 0.4) is 0 Å². The van der Waals surface area contributed by atoms with Gasteiger partial charge in [0.1, 0.15) is 0 Å². The first-order chi connectivity index (χ1) is 8.99. The van der Waals surface area contributed by atoms with Crippen molar-refractivity contribution in [2.45, 2.75) is 27.3 Å². The maximum Gasteiger partial charge on any atom is 0.0502 e. The van der Waals surface area contributed by atoms with Crippen LogP contribution >= 0.6 is 27.5 Å². The van der Waals surface area contributed by atoms with Gasteiger partial charge in [-0.05, 0) is 71.1 Å². The lowest BCUT2D eigenvalue weighted by atomic mass is 10.0. The summed E-state index contributed by atoms with van der Waals surface area (Å²) in [5.41, 5.74) is 6.07. The Morgan fingerprint density at radius 2 is 1.84 bits per heavy atom. The molecular formula is C16H17BrClN. The molecule has 0 atom stereocenters. The fraction of sp³-hybridized carbons (Fsp3) is 0.250. The highest BCUT2D eigenvalue weighted by Crippen LogP contribution is 2.29. The maximum absolute atomic E-state index is 6.16. The van der Waals surface area contributed by atoms with Gasteiger partial charge >= 0.3 is 0 Å². The van der Waals surface area contributed by atoms with Crippen LogP contribution in [0.5, 0.6) is 0 Å². The van der Waals surface area contributed by atoms with Crippen LogP contribution in [-0.4, -0.2) is 0 Å². The van der Waals surface area contributed by atoms with Crippen molar-refractivity contribution in [3.8, 4) is 0 Å². The topological polar surface area (TPSA) is 12.0 Å². The van der Waals surface area contributed by atoms with Crippen molar-refractivity contribution in [2.24, 2.45) is 0 Å². The molecule has 1 nitrogen and oxygen atoms in total. The molecule has 0 aliphatic heterocycles. The van der Waals surface area contributed by atoms with Crippen LogP contribution < -0.4 is 5.32 Å². The Labute approximate surface area is 128 Å². The third kappa shape index (κ3) is 3.31. The summed E-state index contributed by atoms with van der Waals surface area (Å²) < 4.78 is 1.04. The number of anilines is 1. The van der Waals surface area contributed by atoms with E-state index in [4.69, 9.17) is 11.6 Å². The minimum atomic E-state index is 0.784. The van der Waals surface area contributed by atoms with Gasteiger partial charge in [-0.15, -0.1) is 0 Å². The van der Waals surface area contributed by atoms with Crippen LogP contribution in [0.4, 0.5) is 5.69 Å². The Hall–Kier alpha value is -0.990. The molecule has 0 saturated carbocycles. The Morgan fingerprint density at radius 3 is 2.58 bits per heavy atom. The fourth-order valence-electron chi connectivity index (χ4n) is 1.98. The number of aryl methyl sites for hydroxylation is 2. The first-order valence-corrected chi connectivity index (χ1v) is 7.40. The van der Waals surface area contributed by atoms with E-state index in [1.54, 1.807) is 0 Å². The second kappa shape index (κ2) is 5.98. The third-order valence-electron chi connectivity index (χ3n) is 3.43. The van der Waals surface area contributed by atoms with Crippen LogP contribution in [0.2, 0.25) is 5.02 Å². The molecule has 0 amide bonds. The van der Waals surface area contributed by atoms with Gasteiger partial charge in [0.2, 0.25) is 0 Å². The third-order valence-corrected chi connectivity index (χ3v) is 4.50. The molecule has 0 aliphatic carbocycles. The van der Waals surface area contributed by atoms with Gasteiger partial charge in [-0.25, -0.2) is 0 Å². The number of hydrogen-bond acceptors (Lipinski definition) is 1. The van der Waals surface area contributed by atoms with E-state index < -0.39 is 0 Å². The first kappa shape index (κ1) is 14.4. The molecule has 19 heavy (non-hydrogen) atoms. The van der Waals surface area contributed by atoms with E-state index in [9.17, 15) is 0 Å². The minimum Gasteiger partial charge on any atom is -0.380 e. The quantitative estimate of drug-likeness (QED) is 0.763. The first-order valence-electron chi connectivity index (χ1n) is 6.23. The molecule has 0 spiro atoms. The van der Waals surface area contributed by atoms with Gasteiger partial charge in [0, 0.05) is 16.0 Å². The summed E-state index contributed by atoms with van der Waals surface area (Å²) >= 11 is 9.73. The van der Waals surface area contributed by atoms with Gasteiger partial charge < -0.3 is 5.32 Å². The Balaban J connectivity index is 2.19. The molecule has 0 unspecified atom stereocenters. The van der Waals surface area contributed by atoms with Crippen molar-refractivity contribution >= 4 is 33.2 Å². The summed E-state index contributed by atoms with van der Waals surface area (Å²) in [5, 5.41) is 4.22. The molecule has 0 fully saturated rings. The molecule has 1 N–H and O–H groups in total. The molecule has 0 bridgehead atoms. The Morgan fingerprint density at radius 1 is 1.11 bits per heavy atom. The van der Waals surface area contributed by atoms with E-state index in [1.807, 2.05) is 19.1 Å². The molecule has 0 heterocycles. The van der Waals surface area contributed by atoms with Crippen molar-refractivity contribution in [2.75, 3.05) is 5.32 Å². The lowest BCUT2D eigenvalue weighted by Crippen LogP contribution is -2.03. The zero-order chi connectivity index (χ0) is 14.0. The summed E-state index contributed by atoms with van der Waals surface area (Å²) in [6.07, 6.45) is 0. The highest BCUT2D eigenvalue weighted by molar-refractivity contribution is 9.10. The zero-order valence-electron chi connectivity index (χ0n) is 11.3. The summed E-state index contributed by atoms with van der Waals surface area (Å²) in [7, 11) is 0. The normalized spacial score (nSPS) is 10.6. The molecule has 2 rings (SSSR count). The Kier molecular flexibility index (Phi) is 4.54. The molecular weight excluding hydrogens is 322 g/mol. The summed E-state index contributed by atoms with van der Waals surface area (Å²) in [5.74, 6) is 0. The standard InChI is InChI=1S/C16H17BrClN/c1-10-5-4-6-13(12(10)3)9-19-16-8-15(18)11(2)7-14(16)17/h4-8,19H,9H2,1-3H3. The average molecular weight is 339 g/mol. The largest absolute Gasteiger partial charge is 0.380 e. The van der Waals surface area contributed by atoms with E-state index >= 15 is 0 Å². The molecule has 2 aromatic rings. The highest BCUT2D eigenvalue weighted by atomic mass is 79.9. The van der Waals surface area contributed by atoms with Gasteiger partial charge in [0.05, 0.1) is 5.69 Å². The predicted molar refractivity (Wildman–Crippen MR) is 87.1 cm³/mol. The maximum atomic E-state index is 6.16. The van der Waals surface area contributed by atoms with E-state index in [-0.39, 0.29) is 0 Å². The summed E-state index contributed by atoms with van der Waals surface area (Å²) in [6.45, 7) is 7.09. The molecule has 0 aromatic heterocycles. The number of nitrogens with one attached hydrogen (secondary N) is 1. The van der Waals surface area contributed by atoms with Gasteiger partial charge in [0.25, 0.3) is 0 Å². The zero-order valence-corrected chi connectivity index (χ0v) is 13.7. The van der Waals surface area contributed by atoms with Crippen LogP contribution in [0.1, 0.15) is 22.3 Å². The van der Waals surface area contributed by atoms with Crippen LogP contribution in [-0.2, 0) is 6.54 Å². The van der Waals surface area contributed by atoms with Crippen molar-refractivity contribution < 1.29 is 0 Å². The second-order valence-corrected chi connectivity index (χ2v) is 6.06. The van der Waals surface area contributed by atoms with Crippen LogP contribution in [0.15, 0.2) is 34.8 Å². The van der Waals surface area contributed by atoms with Crippen LogP contribution in [0.25, 0.3) is 0 Å².